The average molecular weight is 336 g/mol. The van der Waals surface area contributed by atoms with Crippen molar-refractivity contribution >= 4 is 23.9 Å². The Kier molecular flexibility index (Phi) is 5.43. The maximum Gasteiger partial charge on any atom is 0.509 e. The number of carbonyl (C=O) groups excluding carboxylic acids is 2. The normalized spacial score (nSPS) is 25.6. The number of fused-ring (bicyclic) bond motifs is 1. The van der Waals surface area contributed by atoms with Gasteiger partial charge in [-0.25, -0.2) is 4.79 Å². The van der Waals surface area contributed by atoms with Gasteiger partial charge in [0.15, 0.2) is 12.2 Å². The van der Waals surface area contributed by atoms with Gasteiger partial charge >= 0.3 is 12.1 Å². The van der Waals surface area contributed by atoms with E-state index in [4.69, 9.17) is 14.2 Å². The molecule has 0 amide bonds. The Morgan fingerprint density at radius 1 is 1.22 bits per heavy atom. The van der Waals surface area contributed by atoms with Crippen LogP contribution in [0.15, 0.2) is 30.3 Å². The van der Waals surface area contributed by atoms with Crippen molar-refractivity contribution in [1.29, 1.82) is 0 Å². The lowest BCUT2D eigenvalue weighted by Gasteiger charge is -2.14. The van der Waals surface area contributed by atoms with Crippen molar-refractivity contribution in [2.75, 3.05) is 5.75 Å². The Balaban J connectivity index is 1.29. The lowest BCUT2D eigenvalue weighted by Crippen LogP contribution is -2.26. The molecule has 0 saturated carbocycles. The highest BCUT2D eigenvalue weighted by Crippen LogP contribution is 2.38. The van der Waals surface area contributed by atoms with Gasteiger partial charge in [-0.2, -0.15) is 11.8 Å². The second kappa shape index (κ2) is 7.73. The Bertz CT molecular complexity index is 547. The number of hydrogen-bond acceptors (Lipinski definition) is 6. The molecule has 1 aromatic rings. The fourth-order valence-electron chi connectivity index (χ4n) is 2.84. The minimum absolute atomic E-state index is 0.0895. The van der Waals surface area contributed by atoms with Gasteiger partial charge in [-0.15, -0.1) is 0 Å². The third-order valence-electron chi connectivity index (χ3n) is 4.05. The van der Waals surface area contributed by atoms with Gasteiger partial charge in [0.05, 0.1) is 0 Å². The summed E-state index contributed by atoms with van der Waals surface area (Å²) in [4.78, 5) is 22.8. The van der Waals surface area contributed by atoms with E-state index in [1.807, 2.05) is 30.3 Å². The molecule has 2 fully saturated rings. The molecule has 3 atom stereocenters. The number of unbranched alkanes of at least 4 members (excludes halogenated alkanes) is 1. The quantitative estimate of drug-likeness (QED) is 0.562. The van der Waals surface area contributed by atoms with Crippen LogP contribution in [0, 0.1) is 0 Å². The Morgan fingerprint density at radius 2 is 2.04 bits per heavy atom. The van der Waals surface area contributed by atoms with Gasteiger partial charge in [0, 0.05) is 17.4 Å². The van der Waals surface area contributed by atoms with E-state index in [1.54, 1.807) is 11.8 Å². The summed E-state index contributed by atoms with van der Waals surface area (Å²) in [5, 5.41) is 0.284. The zero-order chi connectivity index (χ0) is 16.1. The summed E-state index contributed by atoms with van der Waals surface area (Å²) < 4.78 is 15.5. The Labute approximate surface area is 139 Å². The van der Waals surface area contributed by atoms with Crippen LogP contribution in [0.4, 0.5) is 4.79 Å². The van der Waals surface area contributed by atoms with Gasteiger partial charge in [-0.1, -0.05) is 36.8 Å². The van der Waals surface area contributed by atoms with Crippen molar-refractivity contribution in [2.45, 2.75) is 49.7 Å². The minimum atomic E-state index is -0.546. The van der Waals surface area contributed by atoms with Gasteiger partial charge in [0.2, 0.25) is 0 Å². The zero-order valence-corrected chi connectivity index (χ0v) is 13.6. The molecule has 2 aliphatic rings. The van der Waals surface area contributed by atoms with Crippen molar-refractivity contribution in [3.63, 3.8) is 0 Å². The van der Waals surface area contributed by atoms with E-state index in [-0.39, 0.29) is 23.4 Å². The van der Waals surface area contributed by atoms with E-state index < -0.39 is 6.16 Å². The molecule has 1 aromatic carbocycles. The standard InChI is InChI=1S/C17H20O5S/c18-15(20-10-12-6-2-1-3-7-12)9-5-4-8-14-16-13(11-23-14)21-17(19)22-16/h1-3,6-7,13-14,16H,4-5,8-11H2/t13?,14-,16-/m0/s1. The van der Waals surface area contributed by atoms with Crippen LogP contribution in [0.3, 0.4) is 0 Å². The summed E-state index contributed by atoms with van der Waals surface area (Å²) >= 11 is 1.78. The van der Waals surface area contributed by atoms with Crippen LogP contribution in [-0.2, 0) is 25.6 Å². The fourth-order valence-corrected chi connectivity index (χ4v) is 4.28. The van der Waals surface area contributed by atoms with Gasteiger partial charge in [0.25, 0.3) is 0 Å². The molecular weight excluding hydrogens is 316 g/mol. The third kappa shape index (κ3) is 4.41. The highest BCUT2D eigenvalue weighted by Gasteiger charge is 2.47. The maximum absolute atomic E-state index is 11.7. The molecule has 5 nitrogen and oxygen atoms in total. The summed E-state index contributed by atoms with van der Waals surface area (Å²) in [6, 6.07) is 9.66. The molecule has 2 heterocycles. The molecular formula is C17H20O5S. The fraction of sp³-hybridized carbons (Fsp3) is 0.529. The molecule has 3 rings (SSSR count). The first kappa shape index (κ1) is 16.2. The SMILES string of the molecule is O=C(CCCC[C@@H]1SCC2OC(=O)O[C@@H]21)OCc1ccccc1. The molecule has 124 valence electrons. The first-order chi connectivity index (χ1) is 11.2. The predicted molar refractivity (Wildman–Crippen MR) is 86.1 cm³/mol. The molecule has 0 aliphatic carbocycles. The number of rotatable bonds is 7. The van der Waals surface area contributed by atoms with Crippen LogP contribution < -0.4 is 0 Å². The zero-order valence-electron chi connectivity index (χ0n) is 12.8. The molecule has 0 N–H and O–H groups in total. The smallest absolute Gasteiger partial charge is 0.461 e. The summed E-state index contributed by atoms with van der Waals surface area (Å²) in [7, 11) is 0. The van der Waals surface area contributed by atoms with E-state index >= 15 is 0 Å². The molecule has 0 aromatic heterocycles. The lowest BCUT2D eigenvalue weighted by atomic mass is 10.1. The van der Waals surface area contributed by atoms with E-state index in [2.05, 4.69) is 0 Å². The average Bonchev–Trinajstić information content (AvgIpc) is 3.10. The molecule has 2 aliphatic heterocycles. The second-order valence-corrected chi connectivity index (χ2v) is 7.02. The molecule has 6 heteroatoms. The van der Waals surface area contributed by atoms with E-state index in [0.717, 1.165) is 30.6 Å². The minimum Gasteiger partial charge on any atom is -0.461 e. The van der Waals surface area contributed by atoms with Crippen LogP contribution >= 0.6 is 11.8 Å². The third-order valence-corrected chi connectivity index (χ3v) is 5.50. The van der Waals surface area contributed by atoms with Crippen molar-refractivity contribution in [2.24, 2.45) is 0 Å². The number of ether oxygens (including phenoxy) is 3. The second-order valence-electron chi connectivity index (χ2n) is 5.75. The van der Waals surface area contributed by atoms with Crippen LogP contribution in [0.2, 0.25) is 0 Å². The van der Waals surface area contributed by atoms with Crippen molar-refractivity contribution in [3.8, 4) is 0 Å². The van der Waals surface area contributed by atoms with E-state index in [9.17, 15) is 9.59 Å². The highest BCUT2D eigenvalue weighted by molar-refractivity contribution is 8.00. The van der Waals surface area contributed by atoms with Gasteiger partial charge in [-0.3, -0.25) is 4.79 Å². The molecule has 1 unspecified atom stereocenters. The van der Waals surface area contributed by atoms with Crippen LogP contribution in [0.5, 0.6) is 0 Å². The predicted octanol–water partition coefficient (Wildman–Crippen LogP) is 3.31. The maximum atomic E-state index is 11.7. The molecule has 23 heavy (non-hydrogen) atoms. The van der Waals surface area contributed by atoms with Crippen LogP contribution in [-0.4, -0.2) is 35.3 Å². The summed E-state index contributed by atoms with van der Waals surface area (Å²) in [6.45, 7) is 0.329. The summed E-state index contributed by atoms with van der Waals surface area (Å²) in [6.07, 6.45) is 2.30. The molecule has 0 spiro atoms. The van der Waals surface area contributed by atoms with Crippen molar-refractivity contribution < 1.29 is 23.8 Å². The number of carbonyl (C=O) groups is 2. The van der Waals surface area contributed by atoms with Gasteiger partial charge in [0.1, 0.15) is 6.61 Å². The lowest BCUT2D eigenvalue weighted by molar-refractivity contribution is -0.145. The highest BCUT2D eigenvalue weighted by atomic mass is 32.2. The van der Waals surface area contributed by atoms with Crippen LogP contribution in [0.1, 0.15) is 31.2 Å². The topological polar surface area (TPSA) is 61.8 Å². The molecule has 0 radical (unpaired) electrons. The first-order valence-electron chi connectivity index (χ1n) is 7.91. The van der Waals surface area contributed by atoms with Crippen LogP contribution in [0.25, 0.3) is 0 Å². The molecule has 0 bridgehead atoms. The summed E-state index contributed by atoms with van der Waals surface area (Å²) in [5.41, 5.74) is 0.997. The first-order valence-corrected chi connectivity index (χ1v) is 8.95. The van der Waals surface area contributed by atoms with Crippen molar-refractivity contribution in [1.82, 2.24) is 0 Å². The Hall–Kier alpha value is -1.69. The number of thioether (sulfide) groups is 1. The van der Waals surface area contributed by atoms with E-state index in [1.165, 1.54) is 0 Å². The van der Waals surface area contributed by atoms with E-state index in [0.29, 0.717) is 13.0 Å². The number of hydrogen-bond donors (Lipinski definition) is 0. The monoisotopic (exact) mass is 336 g/mol. The summed E-state index contributed by atoms with van der Waals surface area (Å²) in [5.74, 6) is 0.640. The van der Waals surface area contributed by atoms with Gasteiger partial charge < -0.3 is 14.2 Å². The van der Waals surface area contributed by atoms with Gasteiger partial charge in [-0.05, 0) is 18.4 Å². The largest absolute Gasteiger partial charge is 0.509 e. The molecule has 2 saturated heterocycles. The number of esters is 1. The number of benzene rings is 1. The van der Waals surface area contributed by atoms with Crippen molar-refractivity contribution in [3.05, 3.63) is 35.9 Å². The Morgan fingerprint density at radius 3 is 2.87 bits per heavy atom.